The maximum atomic E-state index is 11.0. The second-order valence-electron chi connectivity index (χ2n) is 5.41. The Morgan fingerprint density at radius 2 is 1.82 bits per heavy atom. The third-order valence-corrected chi connectivity index (χ3v) is 4.23. The molecule has 92 valence electrons. The molecule has 1 aromatic carbocycles. The predicted molar refractivity (Wildman–Crippen MR) is 64.8 cm³/mol. The van der Waals surface area contributed by atoms with Gasteiger partial charge in [0.1, 0.15) is 0 Å². The molecule has 1 aromatic rings. The van der Waals surface area contributed by atoms with Crippen molar-refractivity contribution in [3.63, 3.8) is 0 Å². The molecule has 0 aliphatic heterocycles. The van der Waals surface area contributed by atoms with Crippen LogP contribution in [0.2, 0.25) is 0 Å². The molecule has 1 atom stereocenters. The first kappa shape index (κ1) is 12.1. The largest absolute Gasteiger partial charge is 0.479 e. The standard InChI is InChI=1S/C14H18O3/c1-13(2,11(15)12(16)17)14(8-9-14)10-6-4-3-5-7-10/h3-7,11,15H,8-9H2,1-2H3,(H,16,17). The smallest absolute Gasteiger partial charge is 0.333 e. The van der Waals surface area contributed by atoms with Crippen molar-refractivity contribution < 1.29 is 15.0 Å². The third-order valence-electron chi connectivity index (χ3n) is 4.23. The zero-order valence-electron chi connectivity index (χ0n) is 10.2. The molecular weight excluding hydrogens is 216 g/mol. The molecule has 17 heavy (non-hydrogen) atoms. The number of hydrogen-bond acceptors (Lipinski definition) is 2. The summed E-state index contributed by atoms with van der Waals surface area (Å²) in [6.07, 6.45) is 0.549. The summed E-state index contributed by atoms with van der Waals surface area (Å²) in [5, 5.41) is 18.9. The lowest BCUT2D eigenvalue weighted by molar-refractivity contribution is -0.154. The lowest BCUT2D eigenvalue weighted by Gasteiger charge is -2.37. The molecule has 0 aromatic heterocycles. The van der Waals surface area contributed by atoms with Gasteiger partial charge in [0.2, 0.25) is 0 Å². The Kier molecular flexibility index (Phi) is 2.74. The molecule has 3 nitrogen and oxygen atoms in total. The lowest BCUT2D eigenvalue weighted by Crippen LogP contribution is -2.45. The zero-order valence-corrected chi connectivity index (χ0v) is 10.2. The van der Waals surface area contributed by atoms with Gasteiger partial charge in [-0.2, -0.15) is 0 Å². The van der Waals surface area contributed by atoms with E-state index in [0.29, 0.717) is 0 Å². The highest BCUT2D eigenvalue weighted by molar-refractivity contribution is 5.73. The fraction of sp³-hybridized carbons (Fsp3) is 0.500. The van der Waals surface area contributed by atoms with Crippen LogP contribution in [0.1, 0.15) is 32.3 Å². The first-order valence-corrected chi connectivity index (χ1v) is 5.88. The summed E-state index contributed by atoms with van der Waals surface area (Å²) in [5.74, 6) is -1.14. The highest BCUT2D eigenvalue weighted by atomic mass is 16.4. The van der Waals surface area contributed by atoms with E-state index in [0.717, 1.165) is 18.4 Å². The predicted octanol–water partition coefficient (Wildman–Crippen LogP) is 2.19. The number of aliphatic carboxylic acids is 1. The Hall–Kier alpha value is -1.35. The van der Waals surface area contributed by atoms with Crippen LogP contribution in [0.5, 0.6) is 0 Å². The number of rotatable bonds is 4. The number of aliphatic hydroxyl groups excluding tert-OH is 1. The normalized spacial score (nSPS) is 19.7. The van der Waals surface area contributed by atoms with Crippen molar-refractivity contribution in [1.29, 1.82) is 0 Å². The second-order valence-corrected chi connectivity index (χ2v) is 5.41. The van der Waals surface area contributed by atoms with E-state index < -0.39 is 17.5 Å². The molecule has 1 aliphatic rings. The van der Waals surface area contributed by atoms with Gasteiger partial charge in [0.15, 0.2) is 6.10 Å². The van der Waals surface area contributed by atoms with Crippen molar-refractivity contribution in [1.82, 2.24) is 0 Å². The van der Waals surface area contributed by atoms with Crippen molar-refractivity contribution in [2.75, 3.05) is 0 Å². The van der Waals surface area contributed by atoms with Crippen LogP contribution < -0.4 is 0 Å². The van der Waals surface area contributed by atoms with Crippen LogP contribution in [0.15, 0.2) is 30.3 Å². The minimum atomic E-state index is -1.33. The van der Waals surface area contributed by atoms with Crippen molar-refractivity contribution in [2.24, 2.45) is 5.41 Å². The monoisotopic (exact) mass is 234 g/mol. The van der Waals surface area contributed by atoms with Crippen LogP contribution in [0.4, 0.5) is 0 Å². The Morgan fingerprint density at radius 3 is 2.24 bits per heavy atom. The summed E-state index contributed by atoms with van der Waals surface area (Å²) in [4.78, 5) is 11.0. The van der Waals surface area contributed by atoms with Gasteiger partial charge in [-0.05, 0) is 18.4 Å². The third kappa shape index (κ3) is 1.75. The molecule has 2 rings (SSSR count). The topological polar surface area (TPSA) is 57.5 Å². The highest BCUT2D eigenvalue weighted by Crippen LogP contribution is 2.61. The van der Waals surface area contributed by atoms with Crippen LogP contribution >= 0.6 is 0 Å². The van der Waals surface area contributed by atoms with Crippen LogP contribution in [-0.2, 0) is 10.2 Å². The van der Waals surface area contributed by atoms with E-state index in [-0.39, 0.29) is 5.41 Å². The van der Waals surface area contributed by atoms with Crippen molar-refractivity contribution in [3.8, 4) is 0 Å². The summed E-state index contributed by atoms with van der Waals surface area (Å²) < 4.78 is 0. The molecule has 0 spiro atoms. The van der Waals surface area contributed by atoms with Gasteiger partial charge in [-0.15, -0.1) is 0 Å². The number of carboxylic acids is 1. The SMILES string of the molecule is CC(C)(C(O)C(=O)O)C1(c2ccccc2)CC1. The molecule has 0 amide bonds. The van der Waals surface area contributed by atoms with Gasteiger partial charge in [-0.1, -0.05) is 44.2 Å². The van der Waals surface area contributed by atoms with E-state index >= 15 is 0 Å². The van der Waals surface area contributed by atoms with Gasteiger partial charge < -0.3 is 10.2 Å². The molecule has 3 heteroatoms. The van der Waals surface area contributed by atoms with E-state index in [1.54, 1.807) is 0 Å². The molecule has 0 radical (unpaired) electrons. The average molecular weight is 234 g/mol. The first-order chi connectivity index (χ1) is 7.92. The fourth-order valence-electron chi connectivity index (χ4n) is 2.76. The molecular formula is C14H18O3. The van der Waals surface area contributed by atoms with Crippen LogP contribution in [-0.4, -0.2) is 22.3 Å². The van der Waals surface area contributed by atoms with E-state index in [1.807, 2.05) is 44.2 Å². The van der Waals surface area contributed by atoms with E-state index in [2.05, 4.69) is 0 Å². The maximum absolute atomic E-state index is 11.0. The number of aliphatic hydroxyl groups is 1. The minimum absolute atomic E-state index is 0.188. The molecule has 0 heterocycles. The van der Waals surface area contributed by atoms with Gasteiger partial charge in [0.05, 0.1) is 0 Å². The Morgan fingerprint density at radius 1 is 1.29 bits per heavy atom. The number of carboxylic acid groups (broad SMARTS) is 1. The van der Waals surface area contributed by atoms with Crippen LogP contribution in [0.3, 0.4) is 0 Å². The second kappa shape index (κ2) is 3.84. The van der Waals surface area contributed by atoms with Crippen LogP contribution in [0.25, 0.3) is 0 Å². The van der Waals surface area contributed by atoms with Gasteiger partial charge in [-0.25, -0.2) is 4.79 Å². The zero-order chi connectivity index (χ0) is 12.7. The van der Waals surface area contributed by atoms with Gasteiger partial charge in [0, 0.05) is 10.8 Å². The van der Waals surface area contributed by atoms with Crippen molar-refractivity contribution in [2.45, 2.75) is 38.2 Å². The summed E-state index contributed by atoms with van der Waals surface area (Å²) in [6.45, 7) is 3.68. The number of benzene rings is 1. The summed E-state index contributed by atoms with van der Waals surface area (Å²) in [7, 11) is 0. The Balaban J connectivity index is 2.37. The van der Waals surface area contributed by atoms with Crippen molar-refractivity contribution >= 4 is 5.97 Å². The number of carbonyl (C=O) groups is 1. The van der Waals surface area contributed by atoms with Gasteiger partial charge in [0.25, 0.3) is 0 Å². The fourth-order valence-corrected chi connectivity index (χ4v) is 2.76. The van der Waals surface area contributed by atoms with Gasteiger partial charge in [-0.3, -0.25) is 0 Å². The van der Waals surface area contributed by atoms with Gasteiger partial charge >= 0.3 is 5.97 Å². The molecule has 0 bridgehead atoms. The molecule has 1 fully saturated rings. The Labute approximate surface area is 101 Å². The minimum Gasteiger partial charge on any atom is -0.479 e. The summed E-state index contributed by atoms with van der Waals surface area (Å²) in [5.41, 5.74) is 0.289. The van der Waals surface area contributed by atoms with Crippen molar-refractivity contribution in [3.05, 3.63) is 35.9 Å². The van der Waals surface area contributed by atoms with E-state index in [9.17, 15) is 9.90 Å². The molecule has 1 unspecified atom stereocenters. The molecule has 2 N–H and O–H groups in total. The summed E-state index contributed by atoms with van der Waals surface area (Å²) >= 11 is 0. The summed E-state index contributed by atoms with van der Waals surface area (Å²) in [6, 6.07) is 9.89. The molecule has 1 saturated carbocycles. The lowest BCUT2D eigenvalue weighted by atomic mass is 9.68. The molecule has 0 saturated heterocycles. The van der Waals surface area contributed by atoms with E-state index in [4.69, 9.17) is 5.11 Å². The number of hydrogen-bond donors (Lipinski definition) is 2. The Bertz CT molecular complexity index is 418. The average Bonchev–Trinajstić information content (AvgIpc) is 3.10. The van der Waals surface area contributed by atoms with Crippen LogP contribution in [0, 0.1) is 5.41 Å². The highest BCUT2D eigenvalue weighted by Gasteiger charge is 2.59. The van der Waals surface area contributed by atoms with E-state index in [1.165, 1.54) is 0 Å². The first-order valence-electron chi connectivity index (χ1n) is 5.88. The quantitative estimate of drug-likeness (QED) is 0.839. The molecule has 1 aliphatic carbocycles. The maximum Gasteiger partial charge on any atom is 0.333 e.